The molecule has 0 unspecified atom stereocenters. The smallest absolute Gasteiger partial charge is 0.288 e. The van der Waals surface area contributed by atoms with Crippen molar-refractivity contribution in [3.05, 3.63) is 23.8 Å². The third-order valence-electron chi connectivity index (χ3n) is 2.89. The number of nitrogens with one attached hydrogen (secondary N) is 1. The number of nitrogens with two attached hydrogens (primary N) is 1. The maximum Gasteiger partial charge on any atom is 0.288 e. The molecule has 0 bridgehead atoms. The lowest BCUT2D eigenvalue weighted by atomic mass is 10.2. The van der Waals surface area contributed by atoms with Crippen LogP contribution in [0.2, 0.25) is 0 Å². The van der Waals surface area contributed by atoms with E-state index in [-0.39, 0.29) is 24.1 Å². The van der Waals surface area contributed by atoms with Crippen molar-refractivity contribution in [3.63, 3.8) is 0 Å². The first kappa shape index (κ1) is 14.4. The van der Waals surface area contributed by atoms with E-state index in [4.69, 9.17) is 5.73 Å². The molecular weight excluding hydrogens is 278 g/mol. The van der Waals surface area contributed by atoms with Gasteiger partial charge in [0.15, 0.2) is 0 Å². The molecule has 1 saturated heterocycles. The first-order chi connectivity index (χ1) is 9.47. The van der Waals surface area contributed by atoms with Crippen LogP contribution in [0.1, 0.15) is 12.0 Å². The Kier molecular flexibility index (Phi) is 4.29. The number of amides is 3. The minimum Gasteiger partial charge on any atom is -0.399 e. The molecule has 106 valence electrons. The van der Waals surface area contributed by atoms with Gasteiger partial charge in [0.25, 0.3) is 5.24 Å². The molecule has 0 atom stereocenters. The molecule has 0 aliphatic carbocycles. The van der Waals surface area contributed by atoms with Crippen LogP contribution in [0, 0.1) is 6.92 Å². The average Bonchev–Trinajstić information content (AvgIpc) is 2.37. The van der Waals surface area contributed by atoms with E-state index in [0.717, 1.165) is 22.2 Å². The maximum absolute atomic E-state index is 11.9. The van der Waals surface area contributed by atoms with E-state index >= 15 is 0 Å². The quantitative estimate of drug-likeness (QED) is 0.826. The molecule has 7 heteroatoms. The van der Waals surface area contributed by atoms with E-state index in [1.807, 2.05) is 6.92 Å². The molecule has 2 rings (SSSR count). The number of nitrogens with zero attached hydrogens (tertiary/aromatic N) is 1. The van der Waals surface area contributed by atoms with Gasteiger partial charge in [0.05, 0.1) is 0 Å². The first-order valence-corrected chi connectivity index (χ1v) is 7.09. The fraction of sp³-hybridized carbons (Fsp3) is 0.308. The minimum atomic E-state index is -0.401. The van der Waals surface area contributed by atoms with Crippen LogP contribution in [0.5, 0.6) is 0 Å². The van der Waals surface area contributed by atoms with Crippen LogP contribution in [-0.4, -0.2) is 34.3 Å². The summed E-state index contributed by atoms with van der Waals surface area (Å²) in [6, 6.07) is 5.11. The van der Waals surface area contributed by atoms with Crippen LogP contribution in [0.15, 0.2) is 18.2 Å². The molecule has 1 fully saturated rings. The van der Waals surface area contributed by atoms with Gasteiger partial charge in [0.2, 0.25) is 11.8 Å². The highest BCUT2D eigenvalue weighted by atomic mass is 32.2. The standard InChI is InChI=1S/C13H15N3O3S/c1-8-6-9(14)2-3-10(8)15-11(17)7-16-12(18)4-5-20-13(16)19/h2-3,6H,4-5,7,14H2,1H3,(H,15,17). The van der Waals surface area contributed by atoms with Crippen molar-refractivity contribution in [2.75, 3.05) is 23.3 Å². The summed E-state index contributed by atoms with van der Waals surface area (Å²) in [7, 11) is 0. The highest BCUT2D eigenvalue weighted by molar-refractivity contribution is 8.13. The van der Waals surface area contributed by atoms with Gasteiger partial charge in [-0.15, -0.1) is 0 Å². The van der Waals surface area contributed by atoms with Gasteiger partial charge >= 0.3 is 0 Å². The number of rotatable bonds is 3. The highest BCUT2D eigenvalue weighted by Crippen LogP contribution is 2.20. The average molecular weight is 293 g/mol. The van der Waals surface area contributed by atoms with Crippen molar-refractivity contribution in [3.8, 4) is 0 Å². The number of imide groups is 1. The van der Waals surface area contributed by atoms with Crippen molar-refractivity contribution in [1.29, 1.82) is 0 Å². The number of benzene rings is 1. The van der Waals surface area contributed by atoms with E-state index < -0.39 is 5.91 Å². The van der Waals surface area contributed by atoms with Crippen LogP contribution in [0.4, 0.5) is 16.2 Å². The SMILES string of the molecule is Cc1cc(N)ccc1NC(=O)CN1C(=O)CCSC1=O. The molecule has 1 aliphatic rings. The molecule has 0 aromatic heterocycles. The lowest BCUT2D eigenvalue weighted by Gasteiger charge is -2.23. The Balaban J connectivity index is 2.01. The molecule has 20 heavy (non-hydrogen) atoms. The van der Waals surface area contributed by atoms with E-state index in [2.05, 4.69) is 5.32 Å². The van der Waals surface area contributed by atoms with Gasteiger partial charge in [-0.25, -0.2) is 0 Å². The molecule has 6 nitrogen and oxygen atoms in total. The third-order valence-corrected chi connectivity index (χ3v) is 3.76. The number of hydrogen-bond donors (Lipinski definition) is 2. The number of nitrogen functional groups attached to an aromatic ring is 1. The highest BCUT2D eigenvalue weighted by Gasteiger charge is 2.28. The number of anilines is 2. The van der Waals surface area contributed by atoms with E-state index in [1.54, 1.807) is 18.2 Å². The Hall–Kier alpha value is -2.02. The van der Waals surface area contributed by atoms with Gasteiger partial charge in [-0.05, 0) is 30.7 Å². The number of thioether (sulfide) groups is 1. The summed E-state index contributed by atoms with van der Waals surface area (Å²) >= 11 is 1.05. The van der Waals surface area contributed by atoms with Crippen LogP contribution in [0.3, 0.4) is 0 Å². The zero-order valence-electron chi connectivity index (χ0n) is 11.0. The van der Waals surface area contributed by atoms with Gasteiger partial charge < -0.3 is 11.1 Å². The summed E-state index contributed by atoms with van der Waals surface area (Å²) in [5.41, 5.74) is 7.68. The summed E-state index contributed by atoms with van der Waals surface area (Å²) in [4.78, 5) is 36.1. The second-order valence-corrected chi connectivity index (χ2v) is 5.51. The molecule has 0 spiro atoms. The fourth-order valence-corrected chi connectivity index (χ4v) is 2.63. The van der Waals surface area contributed by atoms with Crippen LogP contribution < -0.4 is 11.1 Å². The predicted octanol–water partition coefficient (Wildman–Crippen LogP) is 1.60. The molecule has 1 aromatic carbocycles. The normalized spacial score (nSPS) is 15.3. The fourth-order valence-electron chi connectivity index (χ4n) is 1.85. The lowest BCUT2D eigenvalue weighted by molar-refractivity contribution is -0.131. The van der Waals surface area contributed by atoms with Crippen LogP contribution >= 0.6 is 11.8 Å². The third kappa shape index (κ3) is 3.30. The van der Waals surface area contributed by atoms with Gasteiger partial charge in [0, 0.05) is 23.5 Å². The topological polar surface area (TPSA) is 92.5 Å². The molecule has 0 saturated carbocycles. The summed E-state index contributed by atoms with van der Waals surface area (Å²) in [6.07, 6.45) is 0.282. The Labute approximate surface area is 120 Å². The molecule has 1 aliphatic heterocycles. The van der Waals surface area contributed by atoms with Gasteiger partial charge in [-0.2, -0.15) is 0 Å². The number of aryl methyl sites for hydroxylation is 1. The van der Waals surface area contributed by atoms with Crippen molar-refractivity contribution in [2.24, 2.45) is 0 Å². The second kappa shape index (κ2) is 5.96. The zero-order valence-corrected chi connectivity index (χ0v) is 11.8. The molecule has 3 amide bonds. The molecule has 3 N–H and O–H groups in total. The van der Waals surface area contributed by atoms with E-state index in [0.29, 0.717) is 17.1 Å². The van der Waals surface area contributed by atoms with Crippen LogP contribution in [-0.2, 0) is 9.59 Å². The summed E-state index contributed by atoms with van der Waals surface area (Å²) in [5, 5.41) is 2.31. The molecule has 0 radical (unpaired) electrons. The van der Waals surface area contributed by atoms with Crippen molar-refractivity contribution in [2.45, 2.75) is 13.3 Å². The lowest BCUT2D eigenvalue weighted by Crippen LogP contribution is -2.43. The Morgan fingerprint density at radius 1 is 1.45 bits per heavy atom. The predicted molar refractivity (Wildman–Crippen MR) is 78.4 cm³/mol. The van der Waals surface area contributed by atoms with Gasteiger partial charge in [0.1, 0.15) is 6.54 Å². The first-order valence-electron chi connectivity index (χ1n) is 6.10. The summed E-state index contributed by atoms with van der Waals surface area (Å²) in [5.74, 6) is -0.229. The largest absolute Gasteiger partial charge is 0.399 e. The number of carbonyl (C=O) groups is 3. The van der Waals surface area contributed by atoms with E-state index in [9.17, 15) is 14.4 Å². The molecular formula is C13H15N3O3S. The van der Waals surface area contributed by atoms with Gasteiger partial charge in [-0.3, -0.25) is 19.3 Å². The Morgan fingerprint density at radius 2 is 2.20 bits per heavy atom. The number of carbonyl (C=O) groups excluding carboxylic acids is 3. The van der Waals surface area contributed by atoms with E-state index in [1.165, 1.54) is 0 Å². The summed E-state index contributed by atoms with van der Waals surface area (Å²) < 4.78 is 0. The monoisotopic (exact) mass is 293 g/mol. The Morgan fingerprint density at radius 3 is 2.85 bits per heavy atom. The van der Waals surface area contributed by atoms with Crippen molar-refractivity contribution < 1.29 is 14.4 Å². The van der Waals surface area contributed by atoms with Crippen molar-refractivity contribution in [1.82, 2.24) is 4.90 Å². The van der Waals surface area contributed by atoms with Gasteiger partial charge in [-0.1, -0.05) is 11.8 Å². The van der Waals surface area contributed by atoms with Crippen LogP contribution in [0.25, 0.3) is 0 Å². The summed E-state index contributed by atoms with van der Waals surface area (Å²) in [6.45, 7) is 1.56. The van der Waals surface area contributed by atoms with Crippen molar-refractivity contribution >= 4 is 40.2 Å². The zero-order chi connectivity index (χ0) is 14.7. The Bertz CT molecular complexity index is 558. The molecule has 1 aromatic rings. The maximum atomic E-state index is 11.9. The second-order valence-electron chi connectivity index (χ2n) is 4.47. The molecule has 1 heterocycles. The number of hydrogen-bond acceptors (Lipinski definition) is 5. The minimum absolute atomic E-state index is 0.255.